The first-order chi connectivity index (χ1) is 7.70. The lowest BCUT2D eigenvalue weighted by molar-refractivity contribution is -0.144. The van der Waals surface area contributed by atoms with Crippen molar-refractivity contribution in [1.29, 1.82) is 5.26 Å². The molecule has 1 aromatic heterocycles. The molecule has 1 atom stereocenters. The second kappa shape index (κ2) is 4.26. The Labute approximate surface area is 98.3 Å². The maximum Gasteiger partial charge on any atom is 0.314 e. The van der Waals surface area contributed by atoms with Crippen molar-refractivity contribution in [1.82, 2.24) is 0 Å². The van der Waals surface area contributed by atoms with Crippen LogP contribution in [0.25, 0.3) is 0 Å². The normalized spacial score (nSPS) is 23.4. The number of aryl methyl sites for hydroxylation is 1. The van der Waals surface area contributed by atoms with Crippen LogP contribution >= 0.6 is 11.3 Å². The molecule has 3 nitrogen and oxygen atoms in total. The van der Waals surface area contributed by atoms with Gasteiger partial charge >= 0.3 is 5.97 Å². The van der Waals surface area contributed by atoms with Crippen LogP contribution in [0.15, 0.2) is 11.4 Å². The van der Waals surface area contributed by atoms with Crippen LogP contribution in [-0.2, 0) is 16.6 Å². The molecule has 0 aromatic carbocycles. The van der Waals surface area contributed by atoms with E-state index in [1.807, 2.05) is 11.4 Å². The van der Waals surface area contributed by atoms with Crippen LogP contribution < -0.4 is 0 Å². The summed E-state index contributed by atoms with van der Waals surface area (Å²) >= 11 is 1.63. The lowest BCUT2D eigenvalue weighted by Gasteiger charge is -2.33. The Kier molecular flexibility index (Phi) is 2.97. The van der Waals surface area contributed by atoms with Gasteiger partial charge in [0.1, 0.15) is 0 Å². The van der Waals surface area contributed by atoms with Gasteiger partial charge in [-0.1, -0.05) is 0 Å². The molecule has 16 heavy (non-hydrogen) atoms. The summed E-state index contributed by atoms with van der Waals surface area (Å²) in [7, 11) is 0. The highest BCUT2D eigenvalue weighted by Gasteiger charge is 2.43. The molecule has 1 aliphatic carbocycles. The fourth-order valence-corrected chi connectivity index (χ4v) is 3.52. The Balaban J connectivity index is 2.42. The number of fused-ring (bicyclic) bond motifs is 1. The van der Waals surface area contributed by atoms with Gasteiger partial charge in [-0.05, 0) is 42.7 Å². The Morgan fingerprint density at radius 1 is 1.69 bits per heavy atom. The van der Waals surface area contributed by atoms with Gasteiger partial charge in [-0.25, -0.2) is 0 Å². The van der Waals surface area contributed by atoms with Gasteiger partial charge in [0.15, 0.2) is 0 Å². The second-order valence-electron chi connectivity index (χ2n) is 4.16. The SMILES string of the molecule is N#CCCC1(C(=O)O)CCCc2sccc21. The van der Waals surface area contributed by atoms with Crippen molar-refractivity contribution in [3.05, 3.63) is 21.9 Å². The molecule has 0 radical (unpaired) electrons. The minimum atomic E-state index is -0.802. The quantitative estimate of drug-likeness (QED) is 0.876. The van der Waals surface area contributed by atoms with Crippen molar-refractivity contribution in [2.75, 3.05) is 0 Å². The lowest BCUT2D eigenvalue weighted by atomic mass is 9.70. The molecule has 0 bridgehead atoms. The molecule has 0 saturated carbocycles. The number of hydrogen-bond donors (Lipinski definition) is 1. The van der Waals surface area contributed by atoms with Gasteiger partial charge in [0.05, 0.1) is 11.5 Å². The van der Waals surface area contributed by atoms with E-state index in [9.17, 15) is 9.90 Å². The zero-order valence-corrected chi connectivity index (χ0v) is 9.72. The van der Waals surface area contributed by atoms with E-state index in [0.717, 1.165) is 18.4 Å². The van der Waals surface area contributed by atoms with Crippen LogP contribution in [0.3, 0.4) is 0 Å². The molecule has 0 amide bonds. The van der Waals surface area contributed by atoms with E-state index in [4.69, 9.17) is 5.26 Å². The second-order valence-corrected chi connectivity index (χ2v) is 5.16. The van der Waals surface area contributed by atoms with Gasteiger partial charge in [-0.15, -0.1) is 11.3 Å². The van der Waals surface area contributed by atoms with E-state index in [1.165, 1.54) is 4.88 Å². The van der Waals surface area contributed by atoms with E-state index in [2.05, 4.69) is 6.07 Å². The lowest BCUT2D eigenvalue weighted by Crippen LogP contribution is -2.38. The van der Waals surface area contributed by atoms with Gasteiger partial charge < -0.3 is 5.11 Å². The number of aliphatic carboxylic acids is 1. The molecule has 0 saturated heterocycles. The van der Waals surface area contributed by atoms with Crippen molar-refractivity contribution in [2.45, 2.75) is 37.5 Å². The Morgan fingerprint density at radius 3 is 3.19 bits per heavy atom. The van der Waals surface area contributed by atoms with E-state index in [1.54, 1.807) is 11.3 Å². The van der Waals surface area contributed by atoms with Crippen LogP contribution in [0.2, 0.25) is 0 Å². The molecule has 1 aromatic rings. The van der Waals surface area contributed by atoms with Crippen molar-refractivity contribution in [3.8, 4) is 6.07 Å². The summed E-state index contributed by atoms with van der Waals surface area (Å²) in [4.78, 5) is 12.7. The molecule has 0 spiro atoms. The third-order valence-electron chi connectivity index (χ3n) is 3.34. The zero-order valence-electron chi connectivity index (χ0n) is 8.90. The molecule has 1 unspecified atom stereocenters. The first-order valence-electron chi connectivity index (χ1n) is 5.38. The maximum atomic E-state index is 11.5. The molecule has 4 heteroatoms. The summed E-state index contributed by atoms with van der Waals surface area (Å²) in [6.07, 6.45) is 3.29. The summed E-state index contributed by atoms with van der Waals surface area (Å²) in [5.41, 5.74) is 0.148. The van der Waals surface area contributed by atoms with Crippen LogP contribution in [0.5, 0.6) is 0 Å². The number of rotatable bonds is 3. The van der Waals surface area contributed by atoms with E-state index in [0.29, 0.717) is 19.3 Å². The first kappa shape index (κ1) is 11.2. The average molecular weight is 235 g/mol. The van der Waals surface area contributed by atoms with Gasteiger partial charge in [-0.3, -0.25) is 4.79 Å². The smallest absolute Gasteiger partial charge is 0.314 e. The van der Waals surface area contributed by atoms with Crippen molar-refractivity contribution < 1.29 is 9.90 Å². The van der Waals surface area contributed by atoms with Crippen LogP contribution in [-0.4, -0.2) is 11.1 Å². The Morgan fingerprint density at radius 2 is 2.50 bits per heavy atom. The molecule has 1 heterocycles. The van der Waals surface area contributed by atoms with Crippen LogP contribution in [0.4, 0.5) is 0 Å². The molecule has 0 fully saturated rings. The number of hydrogen-bond acceptors (Lipinski definition) is 3. The van der Waals surface area contributed by atoms with E-state index >= 15 is 0 Å². The monoisotopic (exact) mass is 235 g/mol. The average Bonchev–Trinajstić information content (AvgIpc) is 2.74. The molecular weight excluding hydrogens is 222 g/mol. The van der Waals surface area contributed by atoms with Gasteiger partial charge in [0.25, 0.3) is 0 Å². The molecule has 2 rings (SSSR count). The topological polar surface area (TPSA) is 61.1 Å². The van der Waals surface area contributed by atoms with Gasteiger partial charge in [0, 0.05) is 11.3 Å². The molecule has 1 aliphatic rings. The summed E-state index contributed by atoms with van der Waals surface area (Å²) in [5, 5.41) is 20.1. The van der Waals surface area contributed by atoms with Crippen LogP contribution in [0, 0.1) is 11.3 Å². The van der Waals surface area contributed by atoms with E-state index in [-0.39, 0.29) is 0 Å². The molecule has 84 valence electrons. The highest BCUT2D eigenvalue weighted by atomic mass is 32.1. The third kappa shape index (κ3) is 1.61. The van der Waals surface area contributed by atoms with Gasteiger partial charge in [-0.2, -0.15) is 5.26 Å². The minimum absolute atomic E-state index is 0.307. The largest absolute Gasteiger partial charge is 0.481 e. The highest BCUT2D eigenvalue weighted by Crippen LogP contribution is 2.43. The highest BCUT2D eigenvalue weighted by molar-refractivity contribution is 7.10. The maximum absolute atomic E-state index is 11.5. The third-order valence-corrected chi connectivity index (χ3v) is 4.32. The van der Waals surface area contributed by atoms with Gasteiger partial charge in [0.2, 0.25) is 0 Å². The fraction of sp³-hybridized carbons (Fsp3) is 0.500. The summed E-state index contributed by atoms with van der Waals surface area (Å²) < 4.78 is 0. The van der Waals surface area contributed by atoms with Crippen molar-refractivity contribution >= 4 is 17.3 Å². The molecule has 1 N–H and O–H groups in total. The molecule has 0 aliphatic heterocycles. The number of carboxylic acids is 1. The Hall–Kier alpha value is -1.34. The minimum Gasteiger partial charge on any atom is -0.481 e. The van der Waals surface area contributed by atoms with Crippen molar-refractivity contribution in [3.63, 3.8) is 0 Å². The fourth-order valence-electron chi connectivity index (χ4n) is 2.50. The number of carboxylic acid groups (broad SMARTS) is 1. The van der Waals surface area contributed by atoms with E-state index < -0.39 is 11.4 Å². The number of nitrogens with zero attached hydrogens (tertiary/aromatic N) is 1. The molecular formula is C12H13NO2S. The predicted octanol–water partition coefficient (Wildman–Crippen LogP) is 2.71. The summed E-state index contributed by atoms with van der Waals surface area (Å²) in [6, 6.07) is 3.98. The van der Waals surface area contributed by atoms with Crippen LogP contribution in [0.1, 0.15) is 36.1 Å². The summed E-state index contributed by atoms with van der Waals surface area (Å²) in [6.45, 7) is 0. The van der Waals surface area contributed by atoms with Crippen molar-refractivity contribution in [2.24, 2.45) is 0 Å². The zero-order chi connectivity index (χ0) is 11.6. The number of thiophene rings is 1. The summed E-state index contributed by atoms with van der Waals surface area (Å²) in [5.74, 6) is -0.776. The standard InChI is InChI=1S/C12H13NO2S/c13-7-2-6-12(11(14)15)5-1-3-10-9(12)4-8-16-10/h4,8H,1-3,5-6H2,(H,14,15). The number of carbonyl (C=O) groups is 1. The Bertz CT molecular complexity index is 446. The predicted molar refractivity (Wildman–Crippen MR) is 61.4 cm³/mol. The first-order valence-corrected chi connectivity index (χ1v) is 6.26. The number of nitriles is 1.